The van der Waals surface area contributed by atoms with Crippen molar-refractivity contribution in [1.29, 1.82) is 0 Å². The lowest BCUT2D eigenvalue weighted by atomic mass is 10.2. The lowest BCUT2D eigenvalue weighted by molar-refractivity contribution is -0.145. The van der Waals surface area contributed by atoms with Crippen molar-refractivity contribution < 1.29 is 27.5 Å². The van der Waals surface area contributed by atoms with Crippen molar-refractivity contribution in [3.63, 3.8) is 0 Å². The lowest BCUT2D eigenvalue weighted by Crippen LogP contribution is -2.32. The van der Waals surface area contributed by atoms with E-state index < -0.39 is 22.0 Å². The fourth-order valence-electron chi connectivity index (χ4n) is 4.10. The number of rotatable bonds is 13. The maximum Gasteiger partial charge on any atom is 0.343 e. The summed E-state index contributed by atoms with van der Waals surface area (Å²) in [5.74, 6) is -0.889. The Morgan fingerprint density at radius 3 is 1.98 bits per heavy atom. The highest BCUT2D eigenvalue weighted by Gasteiger charge is 2.25. The molecule has 0 aliphatic carbocycles. The summed E-state index contributed by atoms with van der Waals surface area (Å²) in [4.78, 5) is 28.9. The monoisotopic (exact) mass is 600 g/mol. The second-order valence-corrected chi connectivity index (χ2v) is 11.5. The van der Waals surface area contributed by atoms with E-state index in [0.29, 0.717) is 5.69 Å². The Morgan fingerprint density at radius 2 is 1.37 bits per heavy atom. The van der Waals surface area contributed by atoms with Crippen LogP contribution in [-0.4, -0.2) is 37.2 Å². The molecule has 0 saturated heterocycles. The van der Waals surface area contributed by atoms with E-state index in [1.807, 2.05) is 60.7 Å². The number of hydrogen-bond acceptors (Lipinski definition) is 7. The van der Waals surface area contributed by atoms with Crippen LogP contribution in [0.15, 0.2) is 119 Å². The van der Waals surface area contributed by atoms with Crippen molar-refractivity contribution in [2.75, 3.05) is 6.54 Å². The van der Waals surface area contributed by atoms with Gasteiger partial charge >= 0.3 is 11.9 Å². The lowest BCUT2D eigenvalue weighted by Gasteiger charge is -2.22. The van der Waals surface area contributed by atoms with Crippen molar-refractivity contribution in [2.45, 2.75) is 30.9 Å². The first-order valence-corrected chi connectivity index (χ1v) is 14.9. The summed E-state index contributed by atoms with van der Waals surface area (Å²) >= 11 is 0. The summed E-state index contributed by atoms with van der Waals surface area (Å²) in [6.45, 7) is 0.364. The summed E-state index contributed by atoms with van der Waals surface area (Å²) in [5, 5.41) is 0. The van der Waals surface area contributed by atoms with Crippen LogP contribution >= 0.6 is 0 Å². The number of esters is 2. The van der Waals surface area contributed by atoms with Crippen molar-refractivity contribution in [2.24, 2.45) is 16.5 Å². The van der Waals surface area contributed by atoms with Crippen molar-refractivity contribution in [3.8, 4) is 5.75 Å². The number of benzene rings is 4. The molecule has 222 valence electrons. The van der Waals surface area contributed by atoms with Gasteiger partial charge in [0.25, 0.3) is 0 Å². The van der Waals surface area contributed by atoms with Gasteiger partial charge < -0.3 is 20.9 Å². The Balaban J connectivity index is 1.41. The molecule has 0 spiro atoms. The van der Waals surface area contributed by atoms with Crippen LogP contribution in [0.5, 0.6) is 5.75 Å². The second kappa shape index (κ2) is 14.8. The third-order valence-electron chi connectivity index (χ3n) is 6.27. The van der Waals surface area contributed by atoms with Gasteiger partial charge in [-0.2, -0.15) is 4.31 Å². The van der Waals surface area contributed by atoms with Gasteiger partial charge in [0.15, 0.2) is 5.96 Å². The largest absolute Gasteiger partial charge is 0.461 e. The van der Waals surface area contributed by atoms with Crippen LogP contribution in [0.1, 0.15) is 34.3 Å². The number of aliphatic imine (C=N–C) groups is 1. The van der Waals surface area contributed by atoms with Crippen molar-refractivity contribution in [1.82, 2.24) is 4.31 Å². The third-order valence-corrected chi connectivity index (χ3v) is 8.13. The van der Waals surface area contributed by atoms with Gasteiger partial charge in [-0.15, -0.1) is 0 Å². The molecular formula is C32H32N4O6S. The Kier molecular flexibility index (Phi) is 10.6. The number of hydrogen-bond donors (Lipinski definition) is 2. The fraction of sp³-hybridized carbons (Fsp3) is 0.156. The van der Waals surface area contributed by atoms with Crippen molar-refractivity contribution >= 4 is 33.6 Å². The summed E-state index contributed by atoms with van der Waals surface area (Å²) < 4.78 is 39.4. The molecule has 0 radical (unpaired) electrons. The minimum Gasteiger partial charge on any atom is -0.461 e. The number of guanidine groups is 1. The molecule has 4 rings (SSSR count). The molecule has 0 heterocycles. The highest BCUT2D eigenvalue weighted by atomic mass is 32.2. The van der Waals surface area contributed by atoms with Gasteiger partial charge in [0.1, 0.15) is 12.4 Å². The maximum atomic E-state index is 13.7. The smallest absolute Gasteiger partial charge is 0.343 e. The predicted molar refractivity (Wildman–Crippen MR) is 163 cm³/mol. The first-order valence-electron chi connectivity index (χ1n) is 13.5. The van der Waals surface area contributed by atoms with Crippen LogP contribution in [0, 0.1) is 0 Å². The topological polar surface area (TPSA) is 154 Å². The molecule has 4 aromatic rings. The van der Waals surface area contributed by atoms with Gasteiger partial charge in [0, 0.05) is 19.5 Å². The van der Waals surface area contributed by atoms with Gasteiger partial charge in [0.05, 0.1) is 16.1 Å². The second-order valence-electron chi connectivity index (χ2n) is 9.52. The van der Waals surface area contributed by atoms with E-state index in [9.17, 15) is 18.0 Å². The predicted octanol–water partition coefficient (Wildman–Crippen LogP) is 4.53. The Labute approximate surface area is 250 Å². The zero-order valence-electron chi connectivity index (χ0n) is 23.3. The SMILES string of the molecule is NC(N)=Nc1ccc(OC(=O)c2ccc(S(=O)(=O)N(CCCC(=O)OCc3ccccc3)Cc3ccccc3)cc2)cc1. The minimum atomic E-state index is -3.97. The summed E-state index contributed by atoms with van der Waals surface area (Å²) in [5.41, 5.74) is 13.1. The molecule has 0 fully saturated rings. The Bertz CT molecular complexity index is 1640. The number of sulfonamides is 1. The van der Waals surface area contributed by atoms with Crippen molar-refractivity contribution in [3.05, 3.63) is 126 Å². The number of ether oxygens (including phenoxy) is 2. The molecular weight excluding hydrogens is 568 g/mol. The highest BCUT2D eigenvalue weighted by molar-refractivity contribution is 7.89. The van der Waals surface area contributed by atoms with E-state index in [-0.39, 0.29) is 54.7 Å². The first kappa shape index (κ1) is 30.9. The normalized spacial score (nSPS) is 11.1. The van der Waals surface area contributed by atoms with Gasteiger partial charge in [-0.25, -0.2) is 18.2 Å². The standard InChI is InChI=1S/C32H32N4O6S/c33-32(34)35-27-15-17-28(18-16-27)42-31(38)26-13-19-29(20-14-26)43(39,40)36(22-24-8-3-1-4-9-24)21-7-12-30(37)41-23-25-10-5-2-6-11-25/h1-6,8-11,13-20H,7,12,21-23H2,(H4,33,34,35). The summed E-state index contributed by atoms with van der Waals surface area (Å²) in [6, 6.07) is 30.3. The maximum absolute atomic E-state index is 13.7. The van der Waals surface area contributed by atoms with Crippen LogP contribution in [0.3, 0.4) is 0 Å². The molecule has 0 bridgehead atoms. The molecule has 0 aliphatic rings. The van der Waals surface area contributed by atoms with Crippen LogP contribution in [0.25, 0.3) is 0 Å². The molecule has 0 aromatic heterocycles. The number of carbonyl (C=O) groups excluding carboxylic acids is 2. The molecule has 4 aromatic carbocycles. The van der Waals surface area contributed by atoms with E-state index in [1.54, 1.807) is 12.1 Å². The van der Waals surface area contributed by atoms with E-state index >= 15 is 0 Å². The van der Waals surface area contributed by atoms with E-state index in [2.05, 4.69) is 4.99 Å². The fourth-order valence-corrected chi connectivity index (χ4v) is 5.56. The number of nitrogens with two attached hydrogens (primary N) is 2. The van der Waals surface area contributed by atoms with Gasteiger partial charge in [0.2, 0.25) is 10.0 Å². The zero-order chi connectivity index (χ0) is 30.7. The average molecular weight is 601 g/mol. The molecule has 11 heteroatoms. The van der Waals surface area contributed by atoms with E-state index in [1.165, 1.54) is 40.7 Å². The molecule has 0 atom stereocenters. The van der Waals surface area contributed by atoms with Crippen LogP contribution in [0.2, 0.25) is 0 Å². The molecule has 43 heavy (non-hydrogen) atoms. The van der Waals surface area contributed by atoms with Crippen LogP contribution < -0.4 is 16.2 Å². The summed E-state index contributed by atoms with van der Waals surface area (Å²) in [6.07, 6.45) is 0.331. The third kappa shape index (κ3) is 9.25. The Morgan fingerprint density at radius 1 is 0.767 bits per heavy atom. The number of carbonyl (C=O) groups is 2. The molecule has 0 unspecified atom stereocenters. The highest BCUT2D eigenvalue weighted by Crippen LogP contribution is 2.22. The zero-order valence-corrected chi connectivity index (χ0v) is 24.2. The van der Waals surface area contributed by atoms with Gasteiger partial charge in [-0.05, 0) is 66.1 Å². The molecule has 0 saturated carbocycles. The number of nitrogens with zero attached hydrogens (tertiary/aromatic N) is 2. The van der Waals surface area contributed by atoms with Crippen LogP contribution in [0.4, 0.5) is 5.69 Å². The molecule has 10 nitrogen and oxygen atoms in total. The van der Waals surface area contributed by atoms with E-state index in [4.69, 9.17) is 20.9 Å². The quantitative estimate of drug-likeness (QED) is 0.0982. The molecule has 4 N–H and O–H groups in total. The van der Waals surface area contributed by atoms with Gasteiger partial charge in [-0.1, -0.05) is 60.7 Å². The first-order chi connectivity index (χ1) is 20.7. The van der Waals surface area contributed by atoms with E-state index in [0.717, 1.165) is 11.1 Å². The molecule has 0 aliphatic heterocycles. The molecule has 0 amide bonds. The van der Waals surface area contributed by atoms with Gasteiger partial charge in [-0.3, -0.25) is 4.79 Å². The van der Waals surface area contributed by atoms with Crippen LogP contribution in [-0.2, 0) is 32.7 Å². The Hall–Kier alpha value is -5.00. The summed E-state index contributed by atoms with van der Waals surface area (Å²) in [7, 11) is -3.97. The minimum absolute atomic E-state index is 0.00761. The average Bonchev–Trinajstić information content (AvgIpc) is 3.01.